The van der Waals surface area contributed by atoms with Crippen molar-refractivity contribution < 1.29 is 19.4 Å². The molecule has 1 aliphatic heterocycles. The van der Waals surface area contributed by atoms with Crippen molar-refractivity contribution in [2.75, 3.05) is 53.3 Å². The van der Waals surface area contributed by atoms with Gasteiger partial charge in [0.25, 0.3) is 11.7 Å². The van der Waals surface area contributed by atoms with Crippen LogP contribution in [-0.2, 0) is 9.59 Å². The highest BCUT2D eigenvalue weighted by molar-refractivity contribution is 6.46. The number of nitrogens with zero attached hydrogens (tertiary/aromatic N) is 3. The third kappa shape index (κ3) is 4.78. The predicted octanol–water partition coefficient (Wildman–Crippen LogP) is 3.13. The van der Waals surface area contributed by atoms with Crippen molar-refractivity contribution in [2.45, 2.75) is 12.5 Å². The molecule has 32 heavy (non-hydrogen) atoms. The fourth-order valence-corrected chi connectivity index (χ4v) is 3.90. The molecule has 0 spiro atoms. The van der Waals surface area contributed by atoms with Crippen molar-refractivity contribution in [2.24, 2.45) is 0 Å². The van der Waals surface area contributed by atoms with Gasteiger partial charge in [-0.2, -0.15) is 0 Å². The van der Waals surface area contributed by atoms with Crippen LogP contribution in [-0.4, -0.2) is 75.0 Å². The summed E-state index contributed by atoms with van der Waals surface area (Å²) in [6.45, 7) is 1.20. The summed E-state index contributed by atoms with van der Waals surface area (Å²) in [5.41, 5.74) is 2.33. The van der Waals surface area contributed by atoms with Gasteiger partial charge in [-0.05, 0) is 56.9 Å². The van der Waals surface area contributed by atoms with Crippen molar-refractivity contribution in [3.63, 3.8) is 0 Å². The highest BCUT2D eigenvalue weighted by Gasteiger charge is 2.45. The Morgan fingerprint density at radius 2 is 1.75 bits per heavy atom. The first-order valence-electron chi connectivity index (χ1n) is 10.6. The molecule has 1 aliphatic rings. The maximum absolute atomic E-state index is 13.1. The first kappa shape index (κ1) is 23.3. The number of benzene rings is 2. The van der Waals surface area contributed by atoms with Crippen molar-refractivity contribution >= 4 is 23.1 Å². The molecule has 0 saturated carbocycles. The van der Waals surface area contributed by atoms with Crippen LogP contribution in [0.2, 0.25) is 0 Å². The Hall–Kier alpha value is -3.32. The molecule has 0 radical (unpaired) electrons. The molecular weight excluding hydrogens is 406 g/mol. The molecule has 1 unspecified atom stereocenters. The van der Waals surface area contributed by atoms with Crippen LogP contribution in [0.3, 0.4) is 0 Å². The normalized spacial score (nSPS) is 17.8. The molecule has 7 nitrogen and oxygen atoms in total. The van der Waals surface area contributed by atoms with Gasteiger partial charge in [-0.3, -0.25) is 9.59 Å². The van der Waals surface area contributed by atoms with Crippen LogP contribution in [0.4, 0.5) is 5.69 Å². The van der Waals surface area contributed by atoms with Gasteiger partial charge in [-0.15, -0.1) is 0 Å². The lowest BCUT2D eigenvalue weighted by Crippen LogP contribution is -2.32. The molecule has 170 valence electrons. The summed E-state index contributed by atoms with van der Waals surface area (Å²) in [5.74, 6) is -0.896. The molecule has 7 heteroatoms. The topological polar surface area (TPSA) is 73.3 Å². The van der Waals surface area contributed by atoms with Crippen LogP contribution in [0.15, 0.2) is 54.1 Å². The van der Waals surface area contributed by atoms with Crippen LogP contribution >= 0.6 is 0 Å². The van der Waals surface area contributed by atoms with E-state index in [-0.39, 0.29) is 11.3 Å². The van der Waals surface area contributed by atoms with Gasteiger partial charge in [-0.1, -0.05) is 24.3 Å². The number of hydrogen-bond donors (Lipinski definition) is 1. The third-order valence-electron chi connectivity index (χ3n) is 5.61. The summed E-state index contributed by atoms with van der Waals surface area (Å²) in [6.07, 6.45) is 0.714. The molecule has 1 fully saturated rings. The van der Waals surface area contributed by atoms with E-state index in [1.54, 1.807) is 29.2 Å². The summed E-state index contributed by atoms with van der Waals surface area (Å²) in [5, 5.41) is 11.1. The molecule has 1 N–H and O–H groups in total. The molecular formula is C25H31N3O4. The molecule has 0 bridgehead atoms. The predicted molar refractivity (Wildman–Crippen MR) is 126 cm³/mol. The number of amides is 1. The Labute approximate surface area is 189 Å². The molecule has 2 aromatic carbocycles. The Balaban J connectivity index is 2.09. The highest BCUT2D eigenvalue weighted by atomic mass is 16.5. The lowest BCUT2D eigenvalue weighted by molar-refractivity contribution is -0.139. The lowest BCUT2D eigenvalue weighted by Gasteiger charge is -2.26. The fraction of sp³-hybridized carbons (Fsp3) is 0.360. The van der Waals surface area contributed by atoms with E-state index in [0.29, 0.717) is 24.3 Å². The van der Waals surface area contributed by atoms with Crippen LogP contribution in [0.1, 0.15) is 23.6 Å². The zero-order chi connectivity index (χ0) is 23.4. The van der Waals surface area contributed by atoms with Gasteiger partial charge < -0.3 is 24.5 Å². The van der Waals surface area contributed by atoms with Gasteiger partial charge in [0.1, 0.15) is 11.5 Å². The number of carbonyl (C=O) groups is 2. The van der Waals surface area contributed by atoms with Crippen LogP contribution in [0, 0.1) is 0 Å². The SMILES string of the molecule is COc1cccc(/C(O)=C2\C(=O)C(=O)N(CCCN(C)C)C2c2ccc(N(C)C)cc2)c1. The smallest absolute Gasteiger partial charge is 0.295 e. The molecule has 0 aromatic heterocycles. The quantitative estimate of drug-likeness (QED) is 0.389. The minimum absolute atomic E-state index is 0.103. The van der Waals surface area contributed by atoms with E-state index in [0.717, 1.165) is 17.8 Å². The van der Waals surface area contributed by atoms with Crippen molar-refractivity contribution in [3.8, 4) is 5.75 Å². The first-order valence-corrected chi connectivity index (χ1v) is 10.6. The van der Waals surface area contributed by atoms with Gasteiger partial charge >= 0.3 is 0 Å². The Morgan fingerprint density at radius 1 is 1.06 bits per heavy atom. The summed E-state index contributed by atoms with van der Waals surface area (Å²) in [4.78, 5) is 31.7. The van der Waals surface area contributed by atoms with Crippen LogP contribution < -0.4 is 9.64 Å². The minimum Gasteiger partial charge on any atom is -0.507 e. The Morgan fingerprint density at radius 3 is 2.34 bits per heavy atom. The van der Waals surface area contributed by atoms with Gasteiger partial charge in [0.2, 0.25) is 0 Å². The van der Waals surface area contributed by atoms with E-state index in [9.17, 15) is 14.7 Å². The second-order valence-electron chi connectivity index (χ2n) is 8.37. The van der Waals surface area contributed by atoms with Gasteiger partial charge in [0.05, 0.1) is 18.7 Å². The second-order valence-corrected chi connectivity index (χ2v) is 8.37. The average molecular weight is 438 g/mol. The largest absolute Gasteiger partial charge is 0.507 e. The number of ether oxygens (including phenoxy) is 1. The summed E-state index contributed by atoms with van der Waals surface area (Å²) in [6, 6.07) is 13.9. The number of likely N-dealkylation sites (tertiary alicyclic amines) is 1. The minimum atomic E-state index is -0.670. The van der Waals surface area contributed by atoms with Gasteiger partial charge in [0.15, 0.2) is 0 Å². The van der Waals surface area contributed by atoms with Crippen molar-refractivity contribution in [1.29, 1.82) is 0 Å². The number of rotatable bonds is 8. The number of anilines is 1. The van der Waals surface area contributed by atoms with Crippen molar-refractivity contribution in [3.05, 3.63) is 65.2 Å². The number of Topliss-reactive ketones (excluding diaryl/α,β-unsaturated/α-hetero) is 1. The molecule has 3 rings (SSSR count). The number of methoxy groups -OCH3 is 1. The number of carbonyl (C=O) groups excluding carboxylic acids is 2. The molecule has 1 heterocycles. The highest BCUT2D eigenvalue weighted by Crippen LogP contribution is 2.40. The van der Waals surface area contributed by atoms with E-state index < -0.39 is 17.7 Å². The van der Waals surface area contributed by atoms with Crippen LogP contribution in [0.5, 0.6) is 5.75 Å². The van der Waals surface area contributed by atoms with E-state index in [4.69, 9.17) is 4.74 Å². The molecule has 1 amide bonds. The average Bonchev–Trinajstić information content (AvgIpc) is 3.03. The Bertz CT molecular complexity index is 1010. The van der Waals surface area contributed by atoms with E-state index >= 15 is 0 Å². The maximum atomic E-state index is 13.1. The molecule has 1 atom stereocenters. The maximum Gasteiger partial charge on any atom is 0.295 e. The summed E-state index contributed by atoms with van der Waals surface area (Å²) < 4.78 is 5.25. The number of aliphatic hydroxyl groups is 1. The molecule has 2 aromatic rings. The zero-order valence-electron chi connectivity index (χ0n) is 19.3. The fourth-order valence-electron chi connectivity index (χ4n) is 3.90. The van der Waals surface area contributed by atoms with E-state index in [1.807, 2.05) is 62.3 Å². The Kier molecular flexibility index (Phi) is 7.20. The zero-order valence-corrected chi connectivity index (χ0v) is 19.3. The number of aliphatic hydroxyl groups excluding tert-OH is 1. The first-order chi connectivity index (χ1) is 15.2. The molecule has 0 aliphatic carbocycles. The molecule has 1 saturated heterocycles. The standard InChI is InChI=1S/C25H31N3O4/c1-26(2)14-7-15-28-22(17-10-12-19(13-11-17)27(3)4)21(24(30)25(28)31)23(29)18-8-6-9-20(16-18)32-5/h6,8-13,16,22,29H,7,14-15H2,1-5H3/b23-21+. The van der Waals surface area contributed by atoms with E-state index in [2.05, 4.69) is 0 Å². The van der Waals surface area contributed by atoms with E-state index in [1.165, 1.54) is 7.11 Å². The number of hydrogen-bond acceptors (Lipinski definition) is 6. The van der Waals surface area contributed by atoms with Gasteiger partial charge in [-0.25, -0.2) is 0 Å². The summed E-state index contributed by atoms with van der Waals surface area (Å²) in [7, 11) is 9.37. The third-order valence-corrected chi connectivity index (χ3v) is 5.61. The number of ketones is 1. The van der Waals surface area contributed by atoms with Crippen LogP contribution in [0.25, 0.3) is 5.76 Å². The second kappa shape index (κ2) is 9.87. The monoisotopic (exact) mass is 437 g/mol. The van der Waals surface area contributed by atoms with Crippen molar-refractivity contribution in [1.82, 2.24) is 9.80 Å². The van der Waals surface area contributed by atoms with Gasteiger partial charge in [0, 0.05) is 31.9 Å². The lowest BCUT2D eigenvalue weighted by atomic mass is 9.95. The summed E-state index contributed by atoms with van der Waals surface area (Å²) >= 11 is 0.